The number of carbonyl (C=O) groups excluding carboxylic acids is 1. The molecule has 2 aliphatic heterocycles. The number of likely N-dealkylation sites (N-methyl/N-ethyl adjacent to an activating group) is 1. The van der Waals surface area contributed by atoms with E-state index in [1.165, 1.54) is 25.8 Å². The summed E-state index contributed by atoms with van der Waals surface area (Å²) < 4.78 is 0. The van der Waals surface area contributed by atoms with E-state index in [-0.39, 0.29) is 5.91 Å². The van der Waals surface area contributed by atoms with Gasteiger partial charge in [0, 0.05) is 31.6 Å². The summed E-state index contributed by atoms with van der Waals surface area (Å²) in [4.78, 5) is 13.5. The van der Waals surface area contributed by atoms with E-state index in [1.807, 2.05) is 0 Å². The molecule has 1 amide bonds. The standard InChI is InChI=1S/C12H23N3O/c1-15-7-3-2-4-11(15)9-13-10-5-6-12(16)14-8-10/h10-11,13H,2-9H2,1H3,(H,14,16). The van der Waals surface area contributed by atoms with Crippen LogP contribution in [0.5, 0.6) is 0 Å². The number of hydrogen-bond acceptors (Lipinski definition) is 3. The van der Waals surface area contributed by atoms with Gasteiger partial charge < -0.3 is 15.5 Å². The second kappa shape index (κ2) is 5.64. The van der Waals surface area contributed by atoms with Gasteiger partial charge in [-0.15, -0.1) is 0 Å². The lowest BCUT2D eigenvalue weighted by Crippen LogP contribution is -2.50. The van der Waals surface area contributed by atoms with Crippen LogP contribution in [0, 0.1) is 0 Å². The van der Waals surface area contributed by atoms with Gasteiger partial charge in [0.2, 0.25) is 5.91 Å². The minimum atomic E-state index is 0.202. The van der Waals surface area contributed by atoms with Crippen molar-refractivity contribution >= 4 is 5.91 Å². The molecule has 0 radical (unpaired) electrons. The van der Waals surface area contributed by atoms with Crippen molar-refractivity contribution in [3.05, 3.63) is 0 Å². The highest BCUT2D eigenvalue weighted by atomic mass is 16.1. The van der Waals surface area contributed by atoms with Crippen LogP contribution in [-0.4, -0.2) is 49.6 Å². The molecule has 16 heavy (non-hydrogen) atoms. The van der Waals surface area contributed by atoms with E-state index in [0.717, 1.165) is 19.5 Å². The van der Waals surface area contributed by atoms with Crippen molar-refractivity contribution < 1.29 is 4.79 Å². The number of likely N-dealkylation sites (tertiary alicyclic amines) is 1. The largest absolute Gasteiger partial charge is 0.355 e. The highest BCUT2D eigenvalue weighted by Gasteiger charge is 2.22. The number of amides is 1. The van der Waals surface area contributed by atoms with Gasteiger partial charge in [0.05, 0.1) is 0 Å². The summed E-state index contributed by atoms with van der Waals surface area (Å²) in [6.07, 6.45) is 5.67. The molecular weight excluding hydrogens is 202 g/mol. The molecule has 2 unspecified atom stereocenters. The quantitative estimate of drug-likeness (QED) is 0.728. The summed E-state index contributed by atoms with van der Waals surface area (Å²) in [5.41, 5.74) is 0. The molecule has 2 fully saturated rings. The second-order valence-corrected chi connectivity index (χ2v) is 5.08. The Morgan fingerprint density at radius 3 is 3.00 bits per heavy atom. The first-order valence-corrected chi connectivity index (χ1v) is 6.46. The molecule has 2 heterocycles. The number of carbonyl (C=O) groups is 1. The van der Waals surface area contributed by atoms with Crippen molar-refractivity contribution in [2.75, 3.05) is 26.7 Å². The van der Waals surface area contributed by atoms with Crippen molar-refractivity contribution in [1.29, 1.82) is 0 Å². The van der Waals surface area contributed by atoms with E-state index in [0.29, 0.717) is 18.5 Å². The predicted molar refractivity (Wildman–Crippen MR) is 64.3 cm³/mol. The number of hydrogen-bond donors (Lipinski definition) is 2. The highest BCUT2D eigenvalue weighted by Crippen LogP contribution is 2.14. The third-order valence-corrected chi connectivity index (χ3v) is 3.83. The van der Waals surface area contributed by atoms with Gasteiger partial charge in [0.25, 0.3) is 0 Å². The molecule has 2 rings (SSSR count). The van der Waals surface area contributed by atoms with E-state index >= 15 is 0 Å². The van der Waals surface area contributed by atoms with Crippen molar-refractivity contribution in [1.82, 2.24) is 15.5 Å². The fourth-order valence-corrected chi connectivity index (χ4v) is 2.61. The fourth-order valence-electron chi connectivity index (χ4n) is 2.61. The average Bonchev–Trinajstić information content (AvgIpc) is 2.30. The molecule has 4 heteroatoms. The Kier molecular flexibility index (Phi) is 4.18. The maximum atomic E-state index is 11.0. The Hall–Kier alpha value is -0.610. The molecule has 0 aromatic heterocycles. The van der Waals surface area contributed by atoms with Gasteiger partial charge in [-0.05, 0) is 32.9 Å². The van der Waals surface area contributed by atoms with Crippen molar-refractivity contribution in [3.63, 3.8) is 0 Å². The topological polar surface area (TPSA) is 44.4 Å². The molecule has 0 spiro atoms. The zero-order valence-electron chi connectivity index (χ0n) is 10.2. The first kappa shape index (κ1) is 11.9. The molecule has 2 N–H and O–H groups in total. The summed E-state index contributed by atoms with van der Waals surface area (Å²) in [5.74, 6) is 0.202. The van der Waals surface area contributed by atoms with Gasteiger partial charge >= 0.3 is 0 Å². The SMILES string of the molecule is CN1CCCCC1CNC1CCC(=O)NC1. The molecule has 2 atom stereocenters. The minimum Gasteiger partial charge on any atom is -0.355 e. The number of rotatable bonds is 3. The van der Waals surface area contributed by atoms with Gasteiger partial charge in [-0.25, -0.2) is 0 Å². The van der Waals surface area contributed by atoms with Crippen LogP contribution in [0.25, 0.3) is 0 Å². The van der Waals surface area contributed by atoms with E-state index < -0.39 is 0 Å². The molecule has 0 saturated carbocycles. The van der Waals surface area contributed by atoms with Crippen LogP contribution in [0.1, 0.15) is 32.1 Å². The van der Waals surface area contributed by atoms with Crippen LogP contribution in [0.15, 0.2) is 0 Å². The summed E-state index contributed by atoms with van der Waals surface area (Å²) in [7, 11) is 2.22. The summed E-state index contributed by atoms with van der Waals surface area (Å²) in [6.45, 7) is 3.10. The maximum absolute atomic E-state index is 11.0. The second-order valence-electron chi connectivity index (χ2n) is 5.08. The molecular formula is C12H23N3O. The van der Waals surface area contributed by atoms with Crippen molar-refractivity contribution in [2.45, 2.75) is 44.2 Å². The number of nitrogens with zero attached hydrogens (tertiary/aromatic N) is 1. The van der Waals surface area contributed by atoms with Crippen LogP contribution in [0.2, 0.25) is 0 Å². The predicted octanol–water partition coefficient (Wildman–Crippen LogP) is 0.339. The third-order valence-electron chi connectivity index (χ3n) is 3.83. The highest BCUT2D eigenvalue weighted by molar-refractivity contribution is 5.76. The van der Waals surface area contributed by atoms with Gasteiger partial charge in [0.1, 0.15) is 0 Å². The lowest BCUT2D eigenvalue weighted by Gasteiger charge is -2.34. The molecule has 0 aromatic carbocycles. The monoisotopic (exact) mass is 225 g/mol. The Labute approximate surface area is 97.8 Å². The van der Waals surface area contributed by atoms with Gasteiger partial charge in [-0.2, -0.15) is 0 Å². The molecule has 4 nitrogen and oxygen atoms in total. The van der Waals surface area contributed by atoms with Crippen LogP contribution < -0.4 is 10.6 Å². The molecule has 2 aliphatic rings. The first-order chi connectivity index (χ1) is 7.75. The summed E-state index contributed by atoms with van der Waals surface area (Å²) in [5, 5.41) is 6.50. The van der Waals surface area contributed by atoms with Crippen LogP contribution in [0.4, 0.5) is 0 Å². The molecule has 2 saturated heterocycles. The third kappa shape index (κ3) is 3.19. The van der Waals surface area contributed by atoms with Gasteiger partial charge in [0.15, 0.2) is 0 Å². The van der Waals surface area contributed by atoms with Crippen molar-refractivity contribution in [3.8, 4) is 0 Å². The van der Waals surface area contributed by atoms with E-state index in [4.69, 9.17) is 0 Å². The van der Waals surface area contributed by atoms with E-state index in [2.05, 4.69) is 22.6 Å². The molecule has 0 bridgehead atoms. The average molecular weight is 225 g/mol. The zero-order chi connectivity index (χ0) is 11.4. The lowest BCUT2D eigenvalue weighted by molar-refractivity contribution is -0.122. The van der Waals surface area contributed by atoms with Crippen molar-refractivity contribution in [2.24, 2.45) is 0 Å². The Balaban J connectivity index is 1.68. The normalized spacial score (nSPS) is 32.4. The summed E-state index contributed by atoms with van der Waals surface area (Å²) in [6, 6.07) is 1.17. The Morgan fingerprint density at radius 1 is 1.44 bits per heavy atom. The zero-order valence-corrected chi connectivity index (χ0v) is 10.2. The van der Waals surface area contributed by atoms with Crippen LogP contribution in [-0.2, 0) is 4.79 Å². The summed E-state index contributed by atoms with van der Waals surface area (Å²) >= 11 is 0. The molecule has 0 aliphatic carbocycles. The lowest BCUT2D eigenvalue weighted by atomic mass is 10.0. The Morgan fingerprint density at radius 2 is 2.31 bits per heavy atom. The minimum absolute atomic E-state index is 0.202. The first-order valence-electron chi connectivity index (χ1n) is 6.46. The Bertz CT molecular complexity index is 234. The van der Waals surface area contributed by atoms with E-state index in [1.54, 1.807) is 0 Å². The van der Waals surface area contributed by atoms with Crippen LogP contribution >= 0.6 is 0 Å². The van der Waals surface area contributed by atoms with E-state index in [9.17, 15) is 4.79 Å². The maximum Gasteiger partial charge on any atom is 0.220 e. The van der Waals surface area contributed by atoms with Crippen LogP contribution in [0.3, 0.4) is 0 Å². The van der Waals surface area contributed by atoms with Gasteiger partial charge in [-0.3, -0.25) is 4.79 Å². The molecule has 92 valence electrons. The fraction of sp³-hybridized carbons (Fsp3) is 0.917. The molecule has 0 aromatic rings. The number of piperidine rings is 2. The number of nitrogens with one attached hydrogen (secondary N) is 2. The van der Waals surface area contributed by atoms with Gasteiger partial charge in [-0.1, -0.05) is 6.42 Å². The smallest absolute Gasteiger partial charge is 0.220 e.